The second kappa shape index (κ2) is 7.18. The van der Waals surface area contributed by atoms with Crippen molar-refractivity contribution in [2.24, 2.45) is 0 Å². The first-order chi connectivity index (χ1) is 12.3. The van der Waals surface area contributed by atoms with Gasteiger partial charge in [0, 0.05) is 18.9 Å². The SMILES string of the molecule is O=C(NC[C@@H]1Cc2ccccc2O1)NC[C@@H]1CCCc2ccccc21. The van der Waals surface area contributed by atoms with Crippen molar-refractivity contribution in [1.82, 2.24) is 10.6 Å². The number of carbonyl (C=O) groups excluding carboxylic acids is 1. The molecule has 2 N–H and O–H groups in total. The molecule has 0 saturated carbocycles. The summed E-state index contributed by atoms with van der Waals surface area (Å²) in [6.07, 6.45) is 4.36. The molecule has 1 heterocycles. The van der Waals surface area contributed by atoms with Gasteiger partial charge in [0.15, 0.2) is 0 Å². The average molecular weight is 336 g/mol. The Bertz CT molecular complexity index is 734. The molecule has 2 aromatic carbocycles. The van der Waals surface area contributed by atoms with E-state index in [9.17, 15) is 4.79 Å². The minimum atomic E-state index is -0.109. The van der Waals surface area contributed by atoms with E-state index in [1.807, 2.05) is 18.2 Å². The fraction of sp³-hybridized carbons (Fsp3) is 0.381. The Morgan fingerprint density at radius 1 is 1.00 bits per heavy atom. The highest BCUT2D eigenvalue weighted by atomic mass is 16.5. The largest absolute Gasteiger partial charge is 0.488 e. The van der Waals surface area contributed by atoms with Gasteiger partial charge in [-0.05, 0) is 42.0 Å². The van der Waals surface area contributed by atoms with E-state index in [1.165, 1.54) is 23.1 Å². The van der Waals surface area contributed by atoms with E-state index in [4.69, 9.17) is 4.74 Å². The second-order valence-corrected chi connectivity index (χ2v) is 6.93. The molecular formula is C21H24N2O2. The van der Waals surface area contributed by atoms with Crippen LogP contribution in [0.3, 0.4) is 0 Å². The average Bonchev–Trinajstić information content (AvgIpc) is 3.07. The maximum atomic E-state index is 12.1. The van der Waals surface area contributed by atoms with Gasteiger partial charge in [-0.25, -0.2) is 4.79 Å². The number of para-hydroxylation sites is 1. The zero-order valence-electron chi connectivity index (χ0n) is 14.3. The molecule has 1 aliphatic carbocycles. The van der Waals surface area contributed by atoms with Crippen LogP contribution in [-0.2, 0) is 12.8 Å². The molecule has 4 heteroatoms. The number of amides is 2. The molecule has 4 nitrogen and oxygen atoms in total. The number of aryl methyl sites for hydroxylation is 1. The van der Waals surface area contributed by atoms with Gasteiger partial charge in [-0.3, -0.25) is 0 Å². The van der Waals surface area contributed by atoms with E-state index in [-0.39, 0.29) is 12.1 Å². The summed E-state index contributed by atoms with van der Waals surface area (Å²) in [5, 5.41) is 5.98. The number of fused-ring (bicyclic) bond motifs is 2. The van der Waals surface area contributed by atoms with Gasteiger partial charge in [-0.2, -0.15) is 0 Å². The first-order valence-corrected chi connectivity index (χ1v) is 9.13. The van der Waals surface area contributed by atoms with Crippen LogP contribution in [0.2, 0.25) is 0 Å². The molecule has 2 aromatic rings. The Morgan fingerprint density at radius 2 is 1.76 bits per heavy atom. The van der Waals surface area contributed by atoms with Crippen molar-refractivity contribution in [3.8, 4) is 5.75 Å². The summed E-state index contributed by atoms with van der Waals surface area (Å²) in [7, 11) is 0. The molecule has 4 rings (SSSR count). The lowest BCUT2D eigenvalue weighted by molar-refractivity contribution is 0.213. The number of rotatable bonds is 4. The maximum Gasteiger partial charge on any atom is 0.314 e. The lowest BCUT2D eigenvalue weighted by Crippen LogP contribution is -2.42. The second-order valence-electron chi connectivity index (χ2n) is 6.93. The van der Waals surface area contributed by atoms with Crippen LogP contribution < -0.4 is 15.4 Å². The highest BCUT2D eigenvalue weighted by Crippen LogP contribution is 2.31. The van der Waals surface area contributed by atoms with Crippen molar-refractivity contribution in [2.45, 2.75) is 37.7 Å². The zero-order chi connectivity index (χ0) is 17.1. The first kappa shape index (κ1) is 16.0. The summed E-state index contributed by atoms with van der Waals surface area (Å²) < 4.78 is 5.86. The Kier molecular flexibility index (Phi) is 4.59. The van der Waals surface area contributed by atoms with Crippen molar-refractivity contribution < 1.29 is 9.53 Å². The molecule has 1 aliphatic heterocycles. The molecule has 130 valence electrons. The number of benzene rings is 2. The van der Waals surface area contributed by atoms with Crippen molar-refractivity contribution in [1.29, 1.82) is 0 Å². The first-order valence-electron chi connectivity index (χ1n) is 9.13. The Morgan fingerprint density at radius 3 is 2.64 bits per heavy atom. The third-order valence-corrected chi connectivity index (χ3v) is 5.21. The van der Waals surface area contributed by atoms with Crippen molar-refractivity contribution >= 4 is 6.03 Å². The van der Waals surface area contributed by atoms with Crippen LogP contribution >= 0.6 is 0 Å². The summed E-state index contributed by atoms with van der Waals surface area (Å²) in [4.78, 5) is 12.1. The number of nitrogens with one attached hydrogen (secondary N) is 2. The quantitative estimate of drug-likeness (QED) is 0.899. The van der Waals surface area contributed by atoms with Crippen LogP contribution in [0.5, 0.6) is 5.75 Å². The van der Waals surface area contributed by atoms with Gasteiger partial charge in [-0.1, -0.05) is 42.5 Å². The van der Waals surface area contributed by atoms with E-state index in [0.29, 0.717) is 19.0 Å². The van der Waals surface area contributed by atoms with E-state index in [2.05, 4.69) is 41.0 Å². The minimum absolute atomic E-state index is 0.0264. The van der Waals surface area contributed by atoms with Gasteiger partial charge < -0.3 is 15.4 Å². The summed E-state index contributed by atoms with van der Waals surface area (Å²) in [5.74, 6) is 1.36. The molecule has 25 heavy (non-hydrogen) atoms. The molecule has 0 radical (unpaired) electrons. The number of hydrogen-bond donors (Lipinski definition) is 2. The number of hydrogen-bond acceptors (Lipinski definition) is 2. The lowest BCUT2D eigenvalue weighted by atomic mass is 9.83. The fourth-order valence-electron chi connectivity index (χ4n) is 3.92. The highest BCUT2D eigenvalue weighted by Gasteiger charge is 2.23. The summed E-state index contributed by atoms with van der Waals surface area (Å²) >= 11 is 0. The molecule has 0 aromatic heterocycles. The van der Waals surface area contributed by atoms with Gasteiger partial charge in [0.25, 0.3) is 0 Å². The standard InChI is InChI=1S/C21H24N2O2/c24-21(23-14-18-12-16-7-2-4-11-20(16)25-18)22-13-17-9-5-8-15-6-1-3-10-19(15)17/h1-4,6-7,10-11,17-18H,5,8-9,12-14H2,(H2,22,23,24)/t17-,18-/m0/s1. The van der Waals surface area contributed by atoms with E-state index >= 15 is 0 Å². The maximum absolute atomic E-state index is 12.1. The number of carbonyl (C=O) groups is 1. The van der Waals surface area contributed by atoms with Crippen LogP contribution in [0.25, 0.3) is 0 Å². The third kappa shape index (κ3) is 3.63. The van der Waals surface area contributed by atoms with Gasteiger partial charge in [0.05, 0.1) is 6.54 Å². The molecule has 2 amide bonds. The van der Waals surface area contributed by atoms with Crippen LogP contribution in [0, 0.1) is 0 Å². The van der Waals surface area contributed by atoms with Crippen LogP contribution in [0.4, 0.5) is 4.79 Å². The third-order valence-electron chi connectivity index (χ3n) is 5.21. The Hall–Kier alpha value is -2.49. The van der Waals surface area contributed by atoms with Crippen molar-refractivity contribution in [2.75, 3.05) is 13.1 Å². The highest BCUT2D eigenvalue weighted by molar-refractivity contribution is 5.74. The predicted octanol–water partition coefficient (Wildman–Crippen LogP) is 3.41. The predicted molar refractivity (Wildman–Crippen MR) is 98.1 cm³/mol. The molecule has 0 spiro atoms. The molecule has 2 aliphatic rings. The van der Waals surface area contributed by atoms with Gasteiger partial charge in [0.2, 0.25) is 0 Å². The van der Waals surface area contributed by atoms with Crippen molar-refractivity contribution in [3.05, 3.63) is 65.2 Å². The molecule has 0 fully saturated rings. The summed E-state index contributed by atoms with van der Waals surface area (Å²) in [6.45, 7) is 1.22. The minimum Gasteiger partial charge on any atom is -0.488 e. The summed E-state index contributed by atoms with van der Waals surface area (Å²) in [5.41, 5.74) is 4.04. The number of urea groups is 1. The summed E-state index contributed by atoms with van der Waals surface area (Å²) in [6, 6.07) is 16.5. The molecule has 2 atom stereocenters. The molecule has 0 unspecified atom stereocenters. The number of ether oxygens (including phenoxy) is 1. The zero-order valence-corrected chi connectivity index (χ0v) is 14.3. The molecular weight excluding hydrogens is 312 g/mol. The normalized spacial score (nSPS) is 21.0. The Labute approximate surface area is 148 Å². The monoisotopic (exact) mass is 336 g/mol. The van der Waals surface area contributed by atoms with Crippen LogP contribution in [0.15, 0.2) is 48.5 Å². The Balaban J connectivity index is 1.24. The topological polar surface area (TPSA) is 50.4 Å². The van der Waals surface area contributed by atoms with E-state index in [0.717, 1.165) is 25.0 Å². The van der Waals surface area contributed by atoms with Gasteiger partial charge in [-0.15, -0.1) is 0 Å². The molecule has 0 saturated heterocycles. The van der Waals surface area contributed by atoms with Gasteiger partial charge in [0.1, 0.15) is 11.9 Å². The van der Waals surface area contributed by atoms with Crippen LogP contribution in [-0.4, -0.2) is 25.2 Å². The van der Waals surface area contributed by atoms with E-state index in [1.54, 1.807) is 0 Å². The fourth-order valence-corrected chi connectivity index (χ4v) is 3.92. The van der Waals surface area contributed by atoms with Crippen LogP contribution in [0.1, 0.15) is 35.4 Å². The van der Waals surface area contributed by atoms with E-state index < -0.39 is 0 Å². The molecule has 0 bridgehead atoms. The smallest absolute Gasteiger partial charge is 0.314 e. The van der Waals surface area contributed by atoms with Crippen molar-refractivity contribution in [3.63, 3.8) is 0 Å². The van der Waals surface area contributed by atoms with Gasteiger partial charge >= 0.3 is 6.03 Å². The lowest BCUT2D eigenvalue weighted by Gasteiger charge is -2.25.